The summed E-state index contributed by atoms with van der Waals surface area (Å²) in [5, 5.41) is 0. The Kier molecular flexibility index (Phi) is 3.49. The van der Waals surface area contributed by atoms with Crippen molar-refractivity contribution in [3.63, 3.8) is 0 Å². The van der Waals surface area contributed by atoms with E-state index in [-0.39, 0.29) is 0 Å². The Hall–Kier alpha value is -1.06. The molecule has 0 N–H and O–H groups in total. The van der Waals surface area contributed by atoms with E-state index < -0.39 is 18.4 Å². The third kappa shape index (κ3) is 3.01. The molecule has 1 aromatic rings. The predicted molar refractivity (Wildman–Crippen MR) is 45.7 cm³/mol. The Labute approximate surface area is 79.6 Å². The molecule has 0 aliphatic heterocycles. The van der Waals surface area contributed by atoms with E-state index in [1.54, 1.807) is 0 Å². The number of benzene rings is 1. The van der Waals surface area contributed by atoms with Gasteiger partial charge in [0.15, 0.2) is 0 Å². The molecule has 1 rings (SSSR count). The summed E-state index contributed by atoms with van der Waals surface area (Å²) in [6.07, 6.45) is -3.46. The van der Waals surface area contributed by atoms with Gasteiger partial charge >= 0.3 is 6.18 Å². The first-order chi connectivity index (χ1) is 6.54. The third-order valence-corrected chi connectivity index (χ3v) is 1.88. The van der Waals surface area contributed by atoms with E-state index in [0.717, 1.165) is 17.7 Å². The summed E-state index contributed by atoms with van der Waals surface area (Å²) >= 11 is 0. The van der Waals surface area contributed by atoms with Gasteiger partial charge in [0.05, 0.1) is 12.2 Å². The molecule has 0 saturated heterocycles. The summed E-state index contributed by atoms with van der Waals surface area (Å²) in [5.41, 5.74) is 0.0668. The molecule has 0 spiro atoms. The van der Waals surface area contributed by atoms with Crippen LogP contribution < -0.4 is 0 Å². The molecule has 0 heterocycles. The topological polar surface area (TPSA) is 0 Å². The molecule has 0 radical (unpaired) electrons. The minimum absolute atomic E-state index is 0.353. The largest absolute Gasteiger partial charge is 0.416 e. The van der Waals surface area contributed by atoms with E-state index in [1.807, 2.05) is 0 Å². The zero-order valence-corrected chi connectivity index (χ0v) is 7.44. The third-order valence-electron chi connectivity index (χ3n) is 1.88. The van der Waals surface area contributed by atoms with Crippen molar-refractivity contribution in [3.8, 4) is 0 Å². The lowest BCUT2D eigenvalue weighted by atomic mass is 10.1. The number of hydrogen-bond acceptors (Lipinski definition) is 0. The van der Waals surface area contributed by atoms with Crippen LogP contribution in [0, 0.1) is 0 Å². The van der Waals surface area contributed by atoms with Crippen LogP contribution >= 0.6 is 0 Å². The smallest absolute Gasteiger partial charge is 0.251 e. The average molecular weight is 206 g/mol. The van der Waals surface area contributed by atoms with Gasteiger partial charge in [0, 0.05) is 0 Å². The second-order valence-electron chi connectivity index (χ2n) is 2.99. The van der Waals surface area contributed by atoms with Gasteiger partial charge in [-0.15, -0.1) is 0 Å². The summed E-state index contributed by atoms with van der Waals surface area (Å²) in [5.74, 6) is 0. The van der Waals surface area contributed by atoms with Gasteiger partial charge in [-0.2, -0.15) is 13.2 Å². The van der Waals surface area contributed by atoms with Gasteiger partial charge in [-0.3, -0.25) is 4.39 Å². The highest BCUT2D eigenvalue weighted by atomic mass is 19.4. The average Bonchev–Trinajstić information content (AvgIpc) is 2.14. The number of halogens is 4. The molecule has 0 amide bonds. The summed E-state index contributed by atoms with van der Waals surface area (Å²) in [4.78, 5) is 0. The second-order valence-corrected chi connectivity index (χ2v) is 2.99. The van der Waals surface area contributed by atoms with Crippen LogP contribution in [0.2, 0.25) is 0 Å². The maximum Gasteiger partial charge on any atom is 0.416 e. The normalized spacial score (nSPS) is 11.7. The SMILES string of the molecule is FCCCc1ccc(C(F)(F)F)cc1. The molecule has 0 fully saturated rings. The second kappa shape index (κ2) is 4.44. The van der Waals surface area contributed by atoms with Gasteiger partial charge in [-0.05, 0) is 30.5 Å². The lowest BCUT2D eigenvalue weighted by molar-refractivity contribution is -0.137. The van der Waals surface area contributed by atoms with Gasteiger partial charge in [-0.1, -0.05) is 12.1 Å². The quantitative estimate of drug-likeness (QED) is 0.663. The number of hydrogen-bond donors (Lipinski definition) is 0. The van der Waals surface area contributed by atoms with Crippen LogP contribution in [0.5, 0.6) is 0 Å². The molecule has 0 unspecified atom stereocenters. The molecule has 0 aliphatic carbocycles. The molecule has 1 aromatic carbocycles. The number of alkyl halides is 4. The standard InChI is InChI=1S/C10H10F4/c11-7-1-2-8-3-5-9(6-4-8)10(12,13)14/h3-6H,1-2,7H2. The monoisotopic (exact) mass is 206 g/mol. The Morgan fingerprint density at radius 1 is 1.00 bits per heavy atom. The van der Waals surface area contributed by atoms with E-state index in [4.69, 9.17) is 0 Å². The Bertz CT molecular complexity index is 273. The molecule has 14 heavy (non-hydrogen) atoms. The highest BCUT2D eigenvalue weighted by Gasteiger charge is 2.29. The van der Waals surface area contributed by atoms with Crippen molar-refractivity contribution in [3.05, 3.63) is 35.4 Å². The number of aryl methyl sites for hydroxylation is 1. The summed E-state index contributed by atoms with van der Waals surface area (Å²) < 4.78 is 48.1. The molecule has 0 nitrogen and oxygen atoms in total. The zero-order chi connectivity index (χ0) is 10.6. The van der Waals surface area contributed by atoms with E-state index in [9.17, 15) is 17.6 Å². The molecule has 0 aromatic heterocycles. The minimum Gasteiger partial charge on any atom is -0.251 e. The van der Waals surface area contributed by atoms with Crippen molar-refractivity contribution in [2.45, 2.75) is 19.0 Å². The summed E-state index contributed by atoms with van der Waals surface area (Å²) in [6.45, 7) is -0.443. The fourth-order valence-corrected chi connectivity index (χ4v) is 1.13. The van der Waals surface area contributed by atoms with Crippen LogP contribution in [0.3, 0.4) is 0 Å². The highest BCUT2D eigenvalue weighted by Crippen LogP contribution is 2.29. The van der Waals surface area contributed by atoms with Crippen LogP contribution in [-0.2, 0) is 12.6 Å². The fourth-order valence-electron chi connectivity index (χ4n) is 1.13. The predicted octanol–water partition coefficient (Wildman–Crippen LogP) is 3.61. The Balaban J connectivity index is 2.69. The molecule has 0 aliphatic rings. The zero-order valence-electron chi connectivity index (χ0n) is 7.44. The van der Waals surface area contributed by atoms with Gasteiger partial charge < -0.3 is 0 Å². The maximum absolute atomic E-state index is 12.1. The van der Waals surface area contributed by atoms with E-state index in [2.05, 4.69) is 0 Å². The van der Waals surface area contributed by atoms with Crippen molar-refractivity contribution in [1.29, 1.82) is 0 Å². The van der Waals surface area contributed by atoms with Crippen LogP contribution in [0.15, 0.2) is 24.3 Å². The number of rotatable bonds is 3. The van der Waals surface area contributed by atoms with Gasteiger partial charge in [0.2, 0.25) is 0 Å². The first-order valence-electron chi connectivity index (χ1n) is 4.26. The van der Waals surface area contributed by atoms with Gasteiger partial charge in [0.25, 0.3) is 0 Å². The summed E-state index contributed by atoms with van der Waals surface area (Å²) in [6, 6.07) is 4.82. The Morgan fingerprint density at radius 3 is 2.00 bits per heavy atom. The maximum atomic E-state index is 12.1. The van der Waals surface area contributed by atoms with Crippen LogP contribution in [-0.4, -0.2) is 6.67 Å². The van der Waals surface area contributed by atoms with Crippen molar-refractivity contribution in [1.82, 2.24) is 0 Å². The molecular weight excluding hydrogens is 196 g/mol. The van der Waals surface area contributed by atoms with Crippen molar-refractivity contribution < 1.29 is 17.6 Å². The first kappa shape index (κ1) is 11.0. The molecule has 4 heteroatoms. The van der Waals surface area contributed by atoms with Crippen LogP contribution in [0.1, 0.15) is 17.5 Å². The van der Waals surface area contributed by atoms with Crippen LogP contribution in [0.4, 0.5) is 17.6 Å². The molecule has 0 atom stereocenters. The first-order valence-corrected chi connectivity index (χ1v) is 4.26. The lowest BCUT2D eigenvalue weighted by Gasteiger charge is -2.06. The van der Waals surface area contributed by atoms with E-state index >= 15 is 0 Å². The molecule has 0 saturated carbocycles. The summed E-state index contributed by atoms with van der Waals surface area (Å²) in [7, 11) is 0. The molecular formula is C10H10F4. The van der Waals surface area contributed by atoms with E-state index in [0.29, 0.717) is 12.8 Å². The lowest BCUT2D eigenvalue weighted by Crippen LogP contribution is -2.04. The van der Waals surface area contributed by atoms with Crippen LogP contribution in [0.25, 0.3) is 0 Å². The van der Waals surface area contributed by atoms with Crippen molar-refractivity contribution >= 4 is 0 Å². The van der Waals surface area contributed by atoms with Crippen molar-refractivity contribution in [2.24, 2.45) is 0 Å². The van der Waals surface area contributed by atoms with Gasteiger partial charge in [-0.25, -0.2) is 0 Å². The Morgan fingerprint density at radius 2 is 1.57 bits per heavy atom. The van der Waals surface area contributed by atoms with Crippen molar-refractivity contribution in [2.75, 3.05) is 6.67 Å². The fraction of sp³-hybridized carbons (Fsp3) is 0.400. The minimum atomic E-state index is -4.29. The molecule has 78 valence electrons. The van der Waals surface area contributed by atoms with E-state index in [1.165, 1.54) is 12.1 Å². The molecule has 0 bridgehead atoms. The highest BCUT2D eigenvalue weighted by molar-refractivity contribution is 5.24. The van der Waals surface area contributed by atoms with Gasteiger partial charge in [0.1, 0.15) is 0 Å².